The Morgan fingerprint density at radius 1 is 1.35 bits per heavy atom. The standard InChI is InChI=1S/C24H31FN8S/c1-6-19-23(33-21(28-19)8-7-20(29-33)17-9-11-27-12-10-17)32(5)24-31(4)22(30-34-24)16(3)18(14-26)13-15(2)25/h7-8,13,17,24,27H,6,9-12H2,1-5H3. The smallest absolute Gasteiger partial charge is 0.174 e. The van der Waals surface area contributed by atoms with Gasteiger partial charge in [0.1, 0.15) is 5.84 Å². The Hall–Kier alpha value is -2.90. The van der Waals surface area contributed by atoms with E-state index in [-0.39, 0.29) is 11.1 Å². The first kappa shape index (κ1) is 24.2. The molecule has 0 radical (unpaired) electrons. The number of anilines is 1. The van der Waals surface area contributed by atoms with Gasteiger partial charge in [-0.15, -0.1) is 0 Å². The van der Waals surface area contributed by atoms with Gasteiger partial charge in [0, 0.05) is 37.5 Å². The number of imidazole rings is 1. The Morgan fingerprint density at radius 2 is 2.09 bits per heavy atom. The van der Waals surface area contributed by atoms with E-state index in [4.69, 9.17) is 10.1 Å². The summed E-state index contributed by atoms with van der Waals surface area (Å²) in [5.41, 5.74) is 3.65. The number of hydrogen-bond donors (Lipinski definition) is 1. The molecule has 34 heavy (non-hydrogen) atoms. The van der Waals surface area contributed by atoms with Gasteiger partial charge in [-0.1, -0.05) is 6.92 Å². The second-order valence-corrected chi connectivity index (χ2v) is 9.55. The van der Waals surface area contributed by atoms with Crippen LogP contribution in [0.1, 0.15) is 50.9 Å². The minimum absolute atomic E-state index is 0.158. The third-order valence-electron chi connectivity index (χ3n) is 6.40. The maximum atomic E-state index is 13.5. The summed E-state index contributed by atoms with van der Waals surface area (Å²) in [4.78, 5) is 8.98. The monoisotopic (exact) mass is 482 g/mol. The molecule has 0 spiro atoms. The van der Waals surface area contributed by atoms with E-state index in [9.17, 15) is 9.65 Å². The molecule has 1 N–H and O–H groups in total. The molecule has 2 aliphatic rings. The molecule has 10 heteroatoms. The van der Waals surface area contributed by atoms with Crippen LogP contribution in [-0.4, -0.2) is 58.0 Å². The number of likely N-dealkylation sites (N-methyl/N-ethyl adjacent to an activating group) is 1. The molecule has 1 saturated heterocycles. The van der Waals surface area contributed by atoms with Crippen molar-refractivity contribution in [3.63, 3.8) is 0 Å². The fourth-order valence-electron chi connectivity index (χ4n) is 4.56. The van der Waals surface area contributed by atoms with E-state index in [1.165, 1.54) is 24.9 Å². The predicted octanol–water partition coefficient (Wildman–Crippen LogP) is 4.18. The van der Waals surface area contributed by atoms with E-state index in [0.717, 1.165) is 55.2 Å². The van der Waals surface area contributed by atoms with Gasteiger partial charge in [-0.05, 0) is 64.4 Å². The first-order valence-corrected chi connectivity index (χ1v) is 12.4. The average molecular weight is 483 g/mol. The van der Waals surface area contributed by atoms with Crippen molar-refractivity contribution in [1.29, 1.82) is 5.26 Å². The van der Waals surface area contributed by atoms with Crippen LogP contribution in [0.15, 0.2) is 39.6 Å². The van der Waals surface area contributed by atoms with Gasteiger partial charge in [-0.25, -0.2) is 9.37 Å². The van der Waals surface area contributed by atoms with E-state index >= 15 is 0 Å². The maximum absolute atomic E-state index is 13.5. The molecule has 1 fully saturated rings. The molecular formula is C24H31FN8S. The van der Waals surface area contributed by atoms with E-state index in [0.29, 0.717) is 17.3 Å². The topological polar surface area (TPSA) is 84.8 Å². The number of amidine groups is 1. The maximum Gasteiger partial charge on any atom is 0.174 e. The lowest BCUT2D eigenvalue weighted by atomic mass is 9.94. The summed E-state index contributed by atoms with van der Waals surface area (Å²) in [6.45, 7) is 7.25. The van der Waals surface area contributed by atoms with Crippen molar-refractivity contribution in [3.05, 3.63) is 46.6 Å². The molecule has 0 saturated carbocycles. The number of nitrogens with zero attached hydrogens (tertiary/aromatic N) is 7. The van der Waals surface area contributed by atoms with Gasteiger partial charge in [0.25, 0.3) is 0 Å². The van der Waals surface area contributed by atoms with E-state index in [1.54, 1.807) is 6.92 Å². The third kappa shape index (κ3) is 4.55. The van der Waals surface area contributed by atoms with Crippen molar-refractivity contribution in [1.82, 2.24) is 24.8 Å². The fourth-order valence-corrected chi connectivity index (χ4v) is 5.50. The Labute approximate surface area is 204 Å². The minimum Gasteiger partial charge on any atom is -0.328 e. The van der Waals surface area contributed by atoms with Crippen molar-refractivity contribution in [3.8, 4) is 6.07 Å². The SMILES string of the molecule is CCc1nc2ccc(C3CCNCC3)nn2c1N(C)C1SN=C(C(C)=C(C#N)C=C(C)F)N1C. The van der Waals surface area contributed by atoms with Gasteiger partial charge in [-0.3, -0.25) is 0 Å². The molecule has 0 bridgehead atoms. The minimum atomic E-state index is -0.410. The zero-order valence-corrected chi connectivity index (χ0v) is 21.2. The van der Waals surface area contributed by atoms with Crippen LogP contribution >= 0.6 is 11.9 Å². The lowest BCUT2D eigenvalue weighted by Crippen LogP contribution is -2.43. The highest BCUT2D eigenvalue weighted by molar-refractivity contribution is 7.99. The van der Waals surface area contributed by atoms with E-state index < -0.39 is 5.83 Å². The highest BCUT2D eigenvalue weighted by Crippen LogP contribution is 2.35. The van der Waals surface area contributed by atoms with Gasteiger partial charge in [0.15, 0.2) is 17.0 Å². The number of aromatic nitrogens is 3. The molecule has 1 atom stereocenters. The summed E-state index contributed by atoms with van der Waals surface area (Å²) in [6.07, 6.45) is 4.19. The molecule has 8 nitrogen and oxygen atoms in total. The predicted molar refractivity (Wildman–Crippen MR) is 135 cm³/mol. The molecule has 2 aliphatic heterocycles. The summed E-state index contributed by atoms with van der Waals surface area (Å²) >= 11 is 1.40. The van der Waals surface area contributed by atoms with Crippen molar-refractivity contribution in [2.45, 2.75) is 51.4 Å². The van der Waals surface area contributed by atoms with Gasteiger partial charge < -0.3 is 15.1 Å². The van der Waals surface area contributed by atoms with Crippen molar-refractivity contribution >= 4 is 29.2 Å². The normalized spacial score (nSPS) is 20.4. The molecule has 2 aromatic heterocycles. The summed E-state index contributed by atoms with van der Waals surface area (Å²) in [7, 11) is 3.96. The Kier molecular flexibility index (Phi) is 7.24. The van der Waals surface area contributed by atoms with Gasteiger partial charge >= 0.3 is 0 Å². The first-order chi connectivity index (χ1) is 16.3. The number of rotatable bonds is 6. The zero-order chi connectivity index (χ0) is 24.4. The molecule has 4 rings (SSSR count). The molecule has 0 aromatic carbocycles. The highest BCUT2D eigenvalue weighted by atomic mass is 32.2. The Bertz CT molecular complexity index is 1200. The average Bonchev–Trinajstić information content (AvgIpc) is 3.41. The second-order valence-electron chi connectivity index (χ2n) is 8.74. The number of halogens is 1. The van der Waals surface area contributed by atoms with Crippen LogP contribution in [0.2, 0.25) is 0 Å². The van der Waals surface area contributed by atoms with E-state index in [1.807, 2.05) is 23.5 Å². The summed E-state index contributed by atoms with van der Waals surface area (Å²) < 4.78 is 20.1. The van der Waals surface area contributed by atoms with Crippen molar-refractivity contribution < 1.29 is 4.39 Å². The largest absolute Gasteiger partial charge is 0.328 e. The summed E-state index contributed by atoms with van der Waals surface area (Å²) in [5.74, 6) is 1.63. The van der Waals surface area contributed by atoms with Crippen LogP contribution in [0.5, 0.6) is 0 Å². The molecule has 4 heterocycles. The fraction of sp³-hybridized carbons (Fsp3) is 0.500. The summed E-state index contributed by atoms with van der Waals surface area (Å²) in [6, 6.07) is 6.26. The number of fused-ring (bicyclic) bond motifs is 1. The molecular weight excluding hydrogens is 451 g/mol. The zero-order valence-electron chi connectivity index (χ0n) is 20.3. The van der Waals surface area contributed by atoms with Crippen LogP contribution in [0.25, 0.3) is 5.65 Å². The number of aryl methyl sites for hydroxylation is 1. The van der Waals surface area contributed by atoms with Gasteiger partial charge in [0.2, 0.25) is 0 Å². The van der Waals surface area contributed by atoms with Crippen LogP contribution in [-0.2, 0) is 6.42 Å². The summed E-state index contributed by atoms with van der Waals surface area (Å²) in [5, 5.41) is 18.0. The highest BCUT2D eigenvalue weighted by Gasteiger charge is 2.33. The number of hydrogen-bond acceptors (Lipinski definition) is 8. The van der Waals surface area contributed by atoms with Gasteiger partial charge in [-0.2, -0.15) is 19.3 Å². The molecule has 180 valence electrons. The second kappa shape index (κ2) is 10.2. The number of nitriles is 1. The van der Waals surface area contributed by atoms with Crippen molar-refractivity contribution in [2.75, 3.05) is 32.1 Å². The molecule has 0 amide bonds. The van der Waals surface area contributed by atoms with Gasteiger partial charge in [0.05, 0.1) is 28.9 Å². The van der Waals surface area contributed by atoms with Crippen molar-refractivity contribution in [2.24, 2.45) is 4.40 Å². The van der Waals surface area contributed by atoms with Crippen LogP contribution in [0, 0.1) is 11.3 Å². The lowest BCUT2D eigenvalue weighted by Gasteiger charge is -2.32. The first-order valence-electron chi connectivity index (χ1n) is 11.6. The quantitative estimate of drug-likeness (QED) is 0.375. The Morgan fingerprint density at radius 3 is 2.74 bits per heavy atom. The molecule has 0 aliphatic carbocycles. The number of allylic oxidation sites excluding steroid dienone is 3. The van der Waals surface area contributed by atoms with Crippen LogP contribution < -0.4 is 10.2 Å². The molecule has 1 unspecified atom stereocenters. The van der Waals surface area contributed by atoms with E-state index in [2.05, 4.69) is 39.7 Å². The van der Waals surface area contributed by atoms with Crippen LogP contribution in [0.3, 0.4) is 0 Å². The number of piperidine rings is 1. The third-order valence-corrected chi connectivity index (χ3v) is 7.50. The van der Waals surface area contributed by atoms with Crippen LogP contribution in [0.4, 0.5) is 10.2 Å². The Balaban J connectivity index is 1.67. The lowest BCUT2D eigenvalue weighted by molar-refractivity contribution is 0.448. The number of nitrogens with one attached hydrogen (secondary N) is 1. The molecule has 2 aromatic rings.